The van der Waals surface area contributed by atoms with E-state index in [1.807, 2.05) is 26.0 Å². The van der Waals surface area contributed by atoms with Gasteiger partial charge in [0.1, 0.15) is 6.29 Å². The van der Waals surface area contributed by atoms with Crippen LogP contribution in [-0.2, 0) is 4.79 Å². The lowest BCUT2D eigenvalue weighted by molar-refractivity contribution is -0.104. The molecule has 0 aliphatic heterocycles. The molecule has 0 saturated heterocycles. The van der Waals surface area contributed by atoms with Gasteiger partial charge in [0.15, 0.2) is 0 Å². The molecule has 1 rings (SSSR count). The third kappa shape index (κ3) is 6.49. The van der Waals surface area contributed by atoms with E-state index < -0.39 is 0 Å². The number of aldehydes is 1. The Morgan fingerprint density at radius 3 is 1.92 bits per heavy atom. The molecule has 0 aromatic heterocycles. The van der Waals surface area contributed by atoms with Crippen molar-refractivity contribution in [3.8, 4) is 0 Å². The molecule has 0 N–H and O–H groups in total. The van der Waals surface area contributed by atoms with Crippen LogP contribution in [0.2, 0.25) is 0 Å². The lowest BCUT2D eigenvalue weighted by atomic mass is 9.72. The van der Waals surface area contributed by atoms with Crippen molar-refractivity contribution in [2.24, 2.45) is 5.41 Å². The van der Waals surface area contributed by atoms with Crippen LogP contribution in [0.3, 0.4) is 0 Å². The maximum Gasteiger partial charge on any atom is 0.143 e. The van der Waals surface area contributed by atoms with Crippen LogP contribution >= 0.6 is 0 Å². The van der Waals surface area contributed by atoms with Gasteiger partial charge in [-0.15, -0.1) is 0 Å². The van der Waals surface area contributed by atoms with Gasteiger partial charge in [-0.3, -0.25) is 4.79 Å². The van der Waals surface area contributed by atoms with Gasteiger partial charge in [0.25, 0.3) is 0 Å². The zero-order valence-corrected chi connectivity index (χ0v) is 17.1. The fourth-order valence-electron chi connectivity index (χ4n) is 3.19. The summed E-state index contributed by atoms with van der Waals surface area (Å²) in [5.74, 6) is 0. The molecule has 1 nitrogen and oxygen atoms in total. The van der Waals surface area contributed by atoms with Crippen molar-refractivity contribution in [2.45, 2.75) is 67.7 Å². The van der Waals surface area contributed by atoms with Crippen molar-refractivity contribution in [1.29, 1.82) is 0 Å². The average Bonchev–Trinajstić information content (AvgIpc) is 2.54. The van der Waals surface area contributed by atoms with E-state index in [9.17, 15) is 4.79 Å². The van der Waals surface area contributed by atoms with Crippen molar-refractivity contribution in [2.75, 3.05) is 0 Å². The Labute approximate surface area is 154 Å². The van der Waals surface area contributed by atoms with Crippen molar-refractivity contribution in [3.63, 3.8) is 0 Å². The minimum atomic E-state index is 0.280. The molecule has 136 valence electrons. The minimum Gasteiger partial charge on any atom is -0.299 e. The van der Waals surface area contributed by atoms with Gasteiger partial charge in [0.2, 0.25) is 0 Å². The van der Waals surface area contributed by atoms with E-state index in [4.69, 9.17) is 0 Å². The highest BCUT2D eigenvalue weighted by molar-refractivity contribution is 5.67. The Kier molecular flexibility index (Phi) is 8.09. The highest BCUT2D eigenvalue weighted by Crippen LogP contribution is 2.41. The van der Waals surface area contributed by atoms with Crippen LogP contribution in [0.1, 0.15) is 67.7 Å². The second-order valence-corrected chi connectivity index (χ2v) is 7.83. The van der Waals surface area contributed by atoms with Crippen LogP contribution in [0.5, 0.6) is 0 Å². The van der Waals surface area contributed by atoms with Gasteiger partial charge in [-0.05, 0) is 93.2 Å². The van der Waals surface area contributed by atoms with Crippen molar-refractivity contribution in [1.82, 2.24) is 0 Å². The fourth-order valence-corrected chi connectivity index (χ4v) is 3.19. The molecule has 0 aromatic rings. The molecule has 0 fully saturated rings. The Morgan fingerprint density at radius 2 is 1.40 bits per heavy atom. The predicted molar refractivity (Wildman–Crippen MR) is 111 cm³/mol. The Morgan fingerprint density at radius 1 is 0.880 bits per heavy atom. The van der Waals surface area contributed by atoms with Crippen LogP contribution in [-0.4, -0.2) is 6.29 Å². The normalized spacial score (nSPS) is 20.4. The minimum absolute atomic E-state index is 0.280. The molecular formula is C24H34O. The first-order chi connectivity index (χ1) is 11.7. The maximum absolute atomic E-state index is 10.5. The molecule has 0 aromatic carbocycles. The largest absolute Gasteiger partial charge is 0.299 e. The molecule has 1 heteroatoms. The summed E-state index contributed by atoms with van der Waals surface area (Å²) in [6.07, 6.45) is 16.9. The molecule has 25 heavy (non-hydrogen) atoms. The number of allylic oxidation sites excluding steroid dienone is 12. The third-order valence-corrected chi connectivity index (χ3v) is 5.27. The molecule has 0 amide bonds. The van der Waals surface area contributed by atoms with E-state index >= 15 is 0 Å². The van der Waals surface area contributed by atoms with E-state index in [0.717, 1.165) is 17.4 Å². The highest BCUT2D eigenvalue weighted by atomic mass is 16.1. The quantitative estimate of drug-likeness (QED) is 0.288. The second kappa shape index (κ2) is 9.56. The molecule has 0 atom stereocenters. The van der Waals surface area contributed by atoms with E-state index in [2.05, 4.69) is 52.8 Å². The first-order valence-corrected chi connectivity index (χ1v) is 9.22. The van der Waals surface area contributed by atoms with Gasteiger partial charge < -0.3 is 0 Å². The van der Waals surface area contributed by atoms with Crippen LogP contribution in [0.15, 0.2) is 69.9 Å². The second-order valence-electron chi connectivity index (χ2n) is 7.83. The number of rotatable bonds is 6. The molecule has 1 aliphatic rings. The zero-order chi connectivity index (χ0) is 19.0. The smallest absolute Gasteiger partial charge is 0.143 e. The first kappa shape index (κ1) is 21.2. The topological polar surface area (TPSA) is 17.1 Å². The van der Waals surface area contributed by atoms with Gasteiger partial charge in [-0.25, -0.2) is 0 Å². The Hall–Kier alpha value is -1.89. The predicted octanol–water partition coefficient (Wildman–Crippen LogP) is 7.05. The van der Waals surface area contributed by atoms with Crippen LogP contribution in [0.25, 0.3) is 0 Å². The lowest BCUT2D eigenvalue weighted by Crippen LogP contribution is -2.19. The van der Waals surface area contributed by atoms with E-state index in [1.165, 1.54) is 41.6 Å². The molecule has 0 bridgehead atoms. The molecule has 0 radical (unpaired) electrons. The molecule has 0 saturated carbocycles. The molecular weight excluding hydrogens is 304 g/mol. The van der Waals surface area contributed by atoms with Gasteiger partial charge >= 0.3 is 0 Å². The lowest BCUT2D eigenvalue weighted by Gasteiger charge is -2.33. The zero-order valence-electron chi connectivity index (χ0n) is 17.1. The Balaban J connectivity index is 2.92. The fraction of sp³-hybridized carbons (Fsp3) is 0.458. The average molecular weight is 339 g/mol. The summed E-state index contributed by atoms with van der Waals surface area (Å²) in [5, 5.41) is 0. The van der Waals surface area contributed by atoms with E-state index in [1.54, 1.807) is 6.08 Å². The summed E-state index contributed by atoms with van der Waals surface area (Å²) in [4.78, 5) is 10.5. The van der Waals surface area contributed by atoms with Gasteiger partial charge in [0.05, 0.1) is 0 Å². The Bertz CT molecular complexity index is 673. The number of carbonyl (C=O) groups is 1. The van der Waals surface area contributed by atoms with Crippen LogP contribution in [0.4, 0.5) is 0 Å². The summed E-state index contributed by atoms with van der Waals surface area (Å²) < 4.78 is 0. The van der Waals surface area contributed by atoms with E-state index in [-0.39, 0.29) is 5.41 Å². The maximum atomic E-state index is 10.5. The molecule has 0 heterocycles. The summed E-state index contributed by atoms with van der Waals surface area (Å²) in [6, 6.07) is 0. The van der Waals surface area contributed by atoms with Gasteiger partial charge in [0, 0.05) is 0 Å². The van der Waals surface area contributed by atoms with Crippen LogP contribution < -0.4 is 0 Å². The van der Waals surface area contributed by atoms with Gasteiger partial charge in [-0.1, -0.05) is 49.8 Å². The summed E-state index contributed by atoms with van der Waals surface area (Å²) in [6.45, 7) is 15.3. The standard InChI is InChI=1S/C24H34O/c1-18(20(3)14-16-25)11-8-9-12-19(2)22(5)17-23-21(4)13-10-15-24(23,6)7/h8-9,11-12,14,16-17H,10,13,15H2,1-7H3. The van der Waals surface area contributed by atoms with E-state index in [0.29, 0.717) is 0 Å². The monoisotopic (exact) mass is 338 g/mol. The van der Waals surface area contributed by atoms with Crippen molar-refractivity contribution < 1.29 is 4.79 Å². The summed E-state index contributed by atoms with van der Waals surface area (Å²) >= 11 is 0. The summed E-state index contributed by atoms with van der Waals surface area (Å²) in [5.41, 5.74) is 8.04. The van der Waals surface area contributed by atoms with Gasteiger partial charge in [-0.2, -0.15) is 0 Å². The number of hydrogen-bond donors (Lipinski definition) is 0. The molecule has 0 spiro atoms. The number of hydrogen-bond acceptors (Lipinski definition) is 1. The summed E-state index contributed by atoms with van der Waals surface area (Å²) in [7, 11) is 0. The van der Waals surface area contributed by atoms with Crippen molar-refractivity contribution >= 4 is 6.29 Å². The first-order valence-electron chi connectivity index (χ1n) is 9.22. The molecule has 1 aliphatic carbocycles. The van der Waals surface area contributed by atoms with Crippen molar-refractivity contribution in [3.05, 3.63) is 69.9 Å². The third-order valence-electron chi connectivity index (χ3n) is 5.27. The molecule has 0 unspecified atom stereocenters. The van der Waals surface area contributed by atoms with Crippen LogP contribution in [0, 0.1) is 5.41 Å². The highest BCUT2D eigenvalue weighted by Gasteiger charge is 2.26. The number of carbonyl (C=O) groups excluding carboxylic acids is 1. The SMILES string of the molecule is CC(=CC=O)C(C)=CC=CC=C(C)C(C)=CC1=C(C)CCCC1(C)C.